The summed E-state index contributed by atoms with van der Waals surface area (Å²) in [5.41, 5.74) is 1.89. The van der Waals surface area contributed by atoms with Gasteiger partial charge in [-0.2, -0.15) is 0 Å². The number of hydrogen-bond donors (Lipinski definition) is 2. The van der Waals surface area contributed by atoms with Crippen LogP contribution in [0.25, 0.3) is 11.1 Å². The van der Waals surface area contributed by atoms with Crippen molar-refractivity contribution in [1.82, 2.24) is 15.3 Å². The zero-order chi connectivity index (χ0) is 25.6. The molecule has 1 aromatic heterocycles. The first-order valence-electron chi connectivity index (χ1n) is 10.5. The number of aryl methyl sites for hydroxylation is 1. The van der Waals surface area contributed by atoms with Crippen LogP contribution in [0, 0.1) is 6.92 Å². The molecular weight excluding hydrogens is 467 g/mol. The van der Waals surface area contributed by atoms with Gasteiger partial charge in [-0.25, -0.2) is 9.97 Å². The van der Waals surface area contributed by atoms with Crippen molar-refractivity contribution in [3.63, 3.8) is 0 Å². The fourth-order valence-electron chi connectivity index (χ4n) is 3.18. The Hall–Kier alpha value is -4.15. The number of nitrogens with one attached hydrogen (secondary N) is 1. The first-order chi connectivity index (χ1) is 16.6. The number of rotatable bonds is 8. The summed E-state index contributed by atoms with van der Waals surface area (Å²) in [5.74, 6) is -1.83. The van der Waals surface area contributed by atoms with Crippen molar-refractivity contribution < 1.29 is 37.3 Å². The van der Waals surface area contributed by atoms with Crippen molar-refractivity contribution in [2.45, 2.75) is 26.6 Å². The second-order valence-corrected chi connectivity index (χ2v) is 7.36. The van der Waals surface area contributed by atoms with Crippen LogP contribution >= 0.6 is 0 Å². The maximum atomic E-state index is 12.5. The molecule has 0 saturated heterocycles. The van der Waals surface area contributed by atoms with Gasteiger partial charge in [0, 0.05) is 6.42 Å². The van der Waals surface area contributed by atoms with Crippen LogP contribution in [0.15, 0.2) is 48.5 Å². The Balaban J connectivity index is 1.75. The van der Waals surface area contributed by atoms with E-state index in [4.69, 9.17) is 4.74 Å². The lowest BCUT2D eigenvalue weighted by Gasteiger charge is -2.11. The van der Waals surface area contributed by atoms with Crippen LogP contribution in [0.1, 0.15) is 34.5 Å². The van der Waals surface area contributed by atoms with E-state index in [0.29, 0.717) is 11.1 Å². The molecule has 11 heteroatoms. The minimum atomic E-state index is -4.78. The van der Waals surface area contributed by atoms with Crippen LogP contribution in [0.4, 0.5) is 13.2 Å². The largest absolute Gasteiger partial charge is 0.573 e. The summed E-state index contributed by atoms with van der Waals surface area (Å²) < 4.78 is 46.2. The monoisotopic (exact) mass is 489 g/mol. The van der Waals surface area contributed by atoms with Gasteiger partial charge in [0.25, 0.3) is 5.91 Å². The highest BCUT2D eigenvalue weighted by molar-refractivity contribution is 5.96. The highest BCUT2D eigenvalue weighted by Crippen LogP contribution is 2.28. The van der Waals surface area contributed by atoms with E-state index in [1.165, 1.54) is 25.1 Å². The molecule has 0 bridgehead atoms. The minimum Gasteiger partial charge on any atom is -0.504 e. The zero-order valence-corrected chi connectivity index (χ0v) is 18.8. The van der Waals surface area contributed by atoms with Gasteiger partial charge < -0.3 is 19.9 Å². The molecule has 35 heavy (non-hydrogen) atoms. The molecular formula is C24H22F3N3O5. The zero-order valence-electron chi connectivity index (χ0n) is 18.8. The number of amides is 1. The van der Waals surface area contributed by atoms with Crippen molar-refractivity contribution in [3.8, 4) is 22.6 Å². The number of esters is 1. The first kappa shape index (κ1) is 25.5. The Morgan fingerprint density at radius 2 is 1.77 bits per heavy atom. The molecule has 2 aromatic carbocycles. The van der Waals surface area contributed by atoms with Gasteiger partial charge in [0.15, 0.2) is 11.4 Å². The van der Waals surface area contributed by atoms with Crippen LogP contribution in [-0.4, -0.2) is 46.5 Å². The van der Waals surface area contributed by atoms with Gasteiger partial charge in [-0.1, -0.05) is 36.4 Å². The molecule has 184 valence electrons. The number of carbonyl (C=O) groups excluding carboxylic acids is 2. The van der Waals surface area contributed by atoms with E-state index >= 15 is 0 Å². The molecule has 0 aliphatic rings. The SMILES string of the molecule is CCOC(=O)CNC(=O)c1nc(Cc2ccc(-c3cccc(OC(F)(F)F)c3)cc2)nc(C)c1O. The molecule has 0 fully saturated rings. The summed E-state index contributed by atoms with van der Waals surface area (Å²) in [6, 6.07) is 12.6. The van der Waals surface area contributed by atoms with Crippen molar-refractivity contribution in [1.29, 1.82) is 0 Å². The number of ether oxygens (including phenoxy) is 2. The Kier molecular flexibility index (Phi) is 7.90. The summed E-state index contributed by atoms with van der Waals surface area (Å²) in [6.07, 6.45) is -4.56. The van der Waals surface area contributed by atoms with Gasteiger partial charge in [-0.05, 0) is 42.7 Å². The molecule has 1 amide bonds. The second kappa shape index (κ2) is 10.9. The number of halogens is 3. The van der Waals surface area contributed by atoms with E-state index < -0.39 is 24.0 Å². The fourth-order valence-corrected chi connectivity index (χ4v) is 3.18. The van der Waals surface area contributed by atoms with E-state index in [2.05, 4.69) is 20.0 Å². The number of aromatic nitrogens is 2. The van der Waals surface area contributed by atoms with E-state index in [1.54, 1.807) is 37.3 Å². The molecule has 0 unspecified atom stereocenters. The fraction of sp³-hybridized carbons (Fsp3) is 0.250. The molecule has 8 nitrogen and oxygen atoms in total. The Labute approximate surface area is 198 Å². The number of benzene rings is 2. The van der Waals surface area contributed by atoms with Gasteiger partial charge in [0.1, 0.15) is 18.1 Å². The maximum Gasteiger partial charge on any atom is 0.573 e. The lowest BCUT2D eigenvalue weighted by molar-refractivity contribution is -0.274. The van der Waals surface area contributed by atoms with Crippen LogP contribution in [0.5, 0.6) is 11.5 Å². The third-order valence-electron chi connectivity index (χ3n) is 4.74. The third-order valence-corrected chi connectivity index (χ3v) is 4.74. The first-order valence-corrected chi connectivity index (χ1v) is 10.5. The summed E-state index contributed by atoms with van der Waals surface area (Å²) in [6.45, 7) is 2.95. The average molecular weight is 489 g/mol. The molecule has 0 atom stereocenters. The lowest BCUT2D eigenvalue weighted by Crippen LogP contribution is -2.31. The summed E-state index contributed by atoms with van der Waals surface area (Å²) >= 11 is 0. The standard InChI is InChI=1S/C24H22F3N3O5/c1-3-34-20(31)13-28-23(33)21-22(32)14(2)29-19(30-21)11-15-7-9-16(10-8-15)17-5-4-6-18(12-17)35-24(25,26)27/h4-10,12,32H,3,11,13H2,1-2H3,(H,28,33). The molecule has 2 N–H and O–H groups in total. The molecule has 3 rings (SSSR count). The lowest BCUT2D eigenvalue weighted by atomic mass is 10.0. The van der Waals surface area contributed by atoms with E-state index in [1.807, 2.05) is 0 Å². The normalized spacial score (nSPS) is 11.1. The summed E-state index contributed by atoms with van der Waals surface area (Å²) in [7, 11) is 0. The summed E-state index contributed by atoms with van der Waals surface area (Å²) in [5, 5.41) is 12.5. The maximum absolute atomic E-state index is 12.5. The number of aromatic hydroxyl groups is 1. The number of hydrogen-bond acceptors (Lipinski definition) is 7. The van der Waals surface area contributed by atoms with Crippen LogP contribution in [0.2, 0.25) is 0 Å². The number of alkyl halides is 3. The molecule has 0 saturated carbocycles. The van der Waals surface area contributed by atoms with Crippen molar-refractivity contribution in [2.75, 3.05) is 13.2 Å². The molecule has 0 aliphatic carbocycles. The second-order valence-electron chi connectivity index (χ2n) is 7.36. The Morgan fingerprint density at radius 1 is 1.06 bits per heavy atom. The van der Waals surface area contributed by atoms with Crippen molar-refractivity contribution in [3.05, 3.63) is 71.3 Å². The van der Waals surface area contributed by atoms with Crippen LogP contribution < -0.4 is 10.1 Å². The highest BCUT2D eigenvalue weighted by Gasteiger charge is 2.31. The predicted octanol–water partition coefficient (Wildman–Crippen LogP) is 3.94. The molecule has 0 spiro atoms. The van der Waals surface area contributed by atoms with Gasteiger partial charge >= 0.3 is 12.3 Å². The van der Waals surface area contributed by atoms with E-state index in [0.717, 1.165) is 5.56 Å². The van der Waals surface area contributed by atoms with Crippen molar-refractivity contribution in [2.24, 2.45) is 0 Å². The topological polar surface area (TPSA) is 111 Å². The van der Waals surface area contributed by atoms with Gasteiger partial charge in [0.05, 0.1) is 12.3 Å². The summed E-state index contributed by atoms with van der Waals surface area (Å²) in [4.78, 5) is 32.2. The van der Waals surface area contributed by atoms with Crippen molar-refractivity contribution >= 4 is 11.9 Å². The Bertz CT molecular complexity index is 1210. The molecule has 0 aliphatic heterocycles. The number of carbonyl (C=O) groups is 2. The van der Waals surface area contributed by atoms with Crippen LogP contribution in [-0.2, 0) is 16.0 Å². The van der Waals surface area contributed by atoms with Crippen LogP contribution in [0.3, 0.4) is 0 Å². The average Bonchev–Trinajstić information content (AvgIpc) is 2.79. The predicted molar refractivity (Wildman–Crippen MR) is 119 cm³/mol. The van der Waals surface area contributed by atoms with Gasteiger partial charge in [-0.3, -0.25) is 9.59 Å². The highest BCUT2D eigenvalue weighted by atomic mass is 19.4. The van der Waals surface area contributed by atoms with E-state index in [-0.39, 0.29) is 42.5 Å². The molecule has 3 aromatic rings. The minimum absolute atomic E-state index is 0.169. The third kappa shape index (κ3) is 7.16. The smallest absolute Gasteiger partial charge is 0.504 e. The molecule has 1 heterocycles. The van der Waals surface area contributed by atoms with E-state index in [9.17, 15) is 27.9 Å². The van der Waals surface area contributed by atoms with Gasteiger partial charge in [0.2, 0.25) is 0 Å². The quantitative estimate of drug-likeness (QED) is 0.461. The molecule has 0 radical (unpaired) electrons. The number of nitrogens with zero attached hydrogens (tertiary/aromatic N) is 2. The van der Waals surface area contributed by atoms with Gasteiger partial charge in [-0.15, -0.1) is 13.2 Å². The Morgan fingerprint density at radius 3 is 2.43 bits per heavy atom.